The summed E-state index contributed by atoms with van der Waals surface area (Å²) in [5, 5.41) is 0. The smallest absolute Gasteiger partial charge is 0.339 e. The van der Waals surface area contributed by atoms with Gasteiger partial charge < -0.3 is 4.74 Å². The third-order valence-electron chi connectivity index (χ3n) is 3.13. The molecule has 114 valence electrons. The van der Waals surface area contributed by atoms with Gasteiger partial charge >= 0.3 is 5.97 Å². The van der Waals surface area contributed by atoms with Crippen LogP contribution in [0.1, 0.15) is 17.3 Å². The standard InChI is InChI=1S/C17H16BrNO3/c1-12(18)16(20)19(13-8-4-3-5-9-13)15-11-7-6-10-14(15)17(21)22-2/h3-12H,1-2H3. The van der Waals surface area contributed by atoms with Gasteiger partial charge in [0.25, 0.3) is 0 Å². The molecule has 0 aliphatic carbocycles. The average Bonchev–Trinajstić information content (AvgIpc) is 2.55. The predicted molar refractivity (Wildman–Crippen MR) is 89.8 cm³/mol. The number of ether oxygens (including phenoxy) is 1. The number of alkyl halides is 1. The lowest BCUT2D eigenvalue weighted by molar-refractivity contribution is -0.117. The summed E-state index contributed by atoms with van der Waals surface area (Å²) in [6, 6.07) is 16.1. The molecule has 0 aliphatic rings. The zero-order valence-electron chi connectivity index (χ0n) is 12.3. The third-order valence-corrected chi connectivity index (χ3v) is 3.52. The predicted octanol–water partition coefficient (Wildman–Crippen LogP) is 3.92. The number of hydrogen-bond acceptors (Lipinski definition) is 3. The van der Waals surface area contributed by atoms with Crippen LogP contribution >= 0.6 is 15.9 Å². The van der Waals surface area contributed by atoms with Crippen molar-refractivity contribution < 1.29 is 14.3 Å². The van der Waals surface area contributed by atoms with E-state index in [2.05, 4.69) is 15.9 Å². The number of carbonyl (C=O) groups excluding carboxylic acids is 2. The molecule has 0 bridgehead atoms. The van der Waals surface area contributed by atoms with Gasteiger partial charge in [-0.1, -0.05) is 46.3 Å². The van der Waals surface area contributed by atoms with Gasteiger partial charge in [0, 0.05) is 5.69 Å². The van der Waals surface area contributed by atoms with Crippen molar-refractivity contribution in [1.29, 1.82) is 0 Å². The molecule has 0 spiro atoms. The number of hydrogen-bond donors (Lipinski definition) is 0. The van der Waals surface area contributed by atoms with Gasteiger partial charge in [0.2, 0.25) is 5.91 Å². The summed E-state index contributed by atoms with van der Waals surface area (Å²) in [6.45, 7) is 1.75. The number of rotatable bonds is 4. The molecule has 2 aromatic rings. The number of amides is 1. The minimum atomic E-state index is -0.480. The molecule has 22 heavy (non-hydrogen) atoms. The van der Waals surface area contributed by atoms with Crippen molar-refractivity contribution in [2.24, 2.45) is 0 Å². The fraction of sp³-hybridized carbons (Fsp3) is 0.176. The van der Waals surface area contributed by atoms with Crippen LogP contribution in [0.2, 0.25) is 0 Å². The molecule has 4 nitrogen and oxygen atoms in total. The number of carbonyl (C=O) groups is 2. The molecule has 0 aromatic heterocycles. The fourth-order valence-electron chi connectivity index (χ4n) is 2.09. The zero-order chi connectivity index (χ0) is 16.1. The van der Waals surface area contributed by atoms with Crippen LogP contribution in [-0.4, -0.2) is 23.8 Å². The van der Waals surface area contributed by atoms with Crippen molar-refractivity contribution in [3.05, 3.63) is 60.2 Å². The van der Waals surface area contributed by atoms with Crippen molar-refractivity contribution in [1.82, 2.24) is 0 Å². The summed E-state index contributed by atoms with van der Waals surface area (Å²) in [7, 11) is 1.32. The second-order valence-electron chi connectivity index (χ2n) is 4.63. The Balaban J connectivity index is 2.61. The monoisotopic (exact) mass is 361 g/mol. The first-order chi connectivity index (χ1) is 10.6. The van der Waals surface area contributed by atoms with Crippen LogP contribution in [-0.2, 0) is 9.53 Å². The van der Waals surface area contributed by atoms with Gasteiger partial charge in [-0.05, 0) is 31.2 Å². The topological polar surface area (TPSA) is 46.6 Å². The van der Waals surface area contributed by atoms with Crippen LogP contribution < -0.4 is 4.90 Å². The highest BCUT2D eigenvalue weighted by Crippen LogP contribution is 2.30. The maximum absolute atomic E-state index is 12.6. The zero-order valence-corrected chi connectivity index (χ0v) is 13.9. The Kier molecular flexibility index (Phi) is 5.33. The maximum Gasteiger partial charge on any atom is 0.339 e. The maximum atomic E-state index is 12.6. The van der Waals surface area contributed by atoms with Gasteiger partial charge in [-0.3, -0.25) is 9.69 Å². The highest BCUT2D eigenvalue weighted by atomic mass is 79.9. The van der Waals surface area contributed by atoms with E-state index in [-0.39, 0.29) is 5.91 Å². The Morgan fingerprint density at radius 1 is 1.05 bits per heavy atom. The van der Waals surface area contributed by atoms with E-state index in [1.807, 2.05) is 30.3 Å². The number of esters is 1. The Morgan fingerprint density at radius 2 is 1.64 bits per heavy atom. The quantitative estimate of drug-likeness (QED) is 0.612. The molecule has 1 amide bonds. The molecule has 1 atom stereocenters. The first-order valence-electron chi connectivity index (χ1n) is 6.76. The Labute approximate surface area is 137 Å². The largest absolute Gasteiger partial charge is 0.465 e. The second-order valence-corrected chi connectivity index (χ2v) is 6.01. The Bertz CT molecular complexity index is 671. The van der Waals surface area contributed by atoms with Gasteiger partial charge in [0.15, 0.2) is 0 Å². The van der Waals surface area contributed by atoms with Gasteiger partial charge in [-0.2, -0.15) is 0 Å². The van der Waals surface area contributed by atoms with Gasteiger partial charge in [-0.25, -0.2) is 4.79 Å². The minimum Gasteiger partial charge on any atom is -0.465 e. The van der Waals surface area contributed by atoms with E-state index in [4.69, 9.17) is 4.74 Å². The molecule has 2 aromatic carbocycles. The minimum absolute atomic E-state index is 0.164. The normalized spacial score (nSPS) is 11.6. The van der Waals surface area contributed by atoms with Crippen LogP contribution in [0.3, 0.4) is 0 Å². The van der Waals surface area contributed by atoms with Gasteiger partial charge in [0.05, 0.1) is 23.2 Å². The lowest BCUT2D eigenvalue weighted by Crippen LogP contribution is -2.32. The van der Waals surface area contributed by atoms with Crippen molar-refractivity contribution >= 4 is 39.2 Å². The molecule has 5 heteroatoms. The van der Waals surface area contributed by atoms with E-state index < -0.39 is 10.8 Å². The summed E-state index contributed by atoms with van der Waals surface area (Å²) < 4.78 is 4.81. The van der Waals surface area contributed by atoms with Crippen LogP contribution in [0.15, 0.2) is 54.6 Å². The van der Waals surface area contributed by atoms with E-state index in [9.17, 15) is 9.59 Å². The number of benzene rings is 2. The molecule has 2 rings (SSSR count). The van der Waals surface area contributed by atoms with Crippen LogP contribution in [0.25, 0.3) is 0 Å². The number of anilines is 2. The van der Waals surface area contributed by atoms with Crippen molar-refractivity contribution in [3.63, 3.8) is 0 Å². The van der Waals surface area contributed by atoms with E-state index >= 15 is 0 Å². The lowest BCUT2D eigenvalue weighted by atomic mass is 10.1. The number of nitrogens with zero attached hydrogens (tertiary/aromatic N) is 1. The van der Waals surface area contributed by atoms with E-state index in [0.29, 0.717) is 16.9 Å². The SMILES string of the molecule is COC(=O)c1ccccc1N(C(=O)C(C)Br)c1ccccc1. The molecule has 0 saturated heterocycles. The molecule has 0 heterocycles. The van der Waals surface area contributed by atoms with E-state index in [1.54, 1.807) is 31.2 Å². The van der Waals surface area contributed by atoms with Crippen molar-refractivity contribution in [3.8, 4) is 0 Å². The van der Waals surface area contributed by atoms with Gasteiger partial charge in [0.1, 0.15) is 0 Å². The molecule has 0 aliphatic heterocycles. The third kappa shape index (κ3) is 3.36. The number of methoxy groups -OCH3 is 1. The number of halogens is 1. The Morgan fingerprint density at radius 3 is 2.23 bits per heavy atom. The number of para-hydroxylation sites is 2. The second kappa shape index (κ2) is 7.22. The first-order valence-corrected chi connectivity index (χ1v) is 7.68. The first kappa shape index (κ1) is 16.2. The molecule has 0 radical (unpaired) electrons. The molecular formula is C17H16BrNO3. The Hall–Kier alpha value is -2.14. The van der Waals surface area contributed by atoms with Crippen molar-refractivity contribution in [2.45, 2.75) is 11.8 Å². The molecule has 0 fully saturated rings. The summed E-state index contributed by atoms with van der Waals surface area (Å²) in [5.41, 5.74) is 1.53. The van der Waals surface area contributed by atoms with Crippen LogP contribution in [0.4, 0.5) is 11.4 Å². The fourth-order valence-corrected chi connectivity index (χ4v) is 2.30. The van der Waals surface area contributed by atoms with Crippen molar-refractivity contribution in [2.75, 3.05) is 12.0 Å². The van der Waals surface area contributed by atoms with Crippen LogP contribution in [0, 0.1) is 0 Å². The highest BCUT2D eigenvalue weighted by Gasteiger charge is 2.25. The molecule has 1 unspecified atom stereocenters. The molecule has 0 saturated carbocycles. The summed E-state index contributed by atoms with van der Waals surface area (Å²) in [4.78, 5) is 25.8. The summed E-state index contributed by atoms with van der Waals surface area (Å²) >= 11 is 3.31. The van der Waals surface area contributed by atoms with E-state index in [0.717, 1.165) is 0 Å². The average molecular weight is 362 g/mol. The molecule has 0 N–H and O–H groups in total. The van der Waals surface area contributed by atoms with Crippen LogP contribution in [0.5, 0.6) is 0 Å². The lowest BCUT2D eigenvalue weighted by Gasteiger charge is -2.26. The molecular weight excluding hydrogens is 346 g/mol. The van der Waals surface area contributed by atoms with E-state index in [1.165, 1.54) is 12.0 Å². The highest BCUT2D eigenvalue weighted by molar-refractivity contribution is 9.10. The van der Waals surface area contributed by atoms with Gasteiger partial charge in [-0.15, -0.1) is 0 Å². The summed E-state index contributed by atoms with van der Waals surface area (Å²) in [6.07, 6.45) is 0. The summed E-state index contributed by atoms with van der Waals surface area (Å²) in [5.74, 6) is -0.644.